The van der Waals surface area contributed by atoms with Crippen LogP contribution in [-0.4, -0.2) is 21.7 Å². The quantitative estimate of drug-likeness (QED) is 0.909. The van der Waals surface area contributed by atoms with Gasteiger partial charge >= 0.3 is 0 Å². The maximum atomic E-state index is 12.5. The molecule has 23 heavy (non-hydrogen) atoms. The topological polar surface area (TPSA) is 67.0 Å². The number of carbonyl (C=O) groups is 1. The Morgan fingerprint density at radius 3 is 2.65 bits per heavy atom. The number of ether oxygens (including phenoxy) is 1. The SMILES string of the molecule is CCC1(C(=O)Nc2ccn[nH]2)C=CC(c2ccc(C)cc2)=CO1. The molecule has 0 saturated carbocycles. The molecule has 0 fully saturated rings. The predicted octanol–water partition coefficient (Wildman–Crippen LogP) is 3.43. The van der Waals surface area contributed by atoms with Crippen LogP contribution in [0.3, 0.4) is 0 Å². The fourth-order valence-corrected chi connectivity index (χ4v) is 2.43. The molecule has 118 valence electrons. The fourth-order valence-electron chi connectivity index (χ4n) is 2.43. The minimum absolute atomic E-state index is 0.222. The van der Waals surface area contributed by atoms with Crippen LogP contribution < -0.4 is 5.32 Å². The molecule has 1 atom stereocenters. The number of H-pyrrole nitrogens is 1. The second-order valence-corrected chi connectivity index (χ2v) is 5.56. The van der Waals surface area contributed by atoms with E-state index in [2.05, 4.69) is 27.6 Å². The van der Waals surface area contributed by atoms with Crippen LogP contribution >= 0.6 is 0 Å². The molecule has 0 spiro atoms. The molecule has 1 aromatic heterocycles. The van der Waals surface area contributed by atoms with Crippen molar-refractivity contribution in [3.63, 3.8) is 0 Å². The highest BCUT2D eigenvalue weighted by atomic mass is 16.5. The van der Waals surface area contributed by atoms with E-state index in [0.29, 0.717) is 12.2 Å². The molecule has 5 heteroatoms. The monoisotopic (exact) mass is 309 g/mol. The highest BCUT2D eigenvalue weighted by Crippen LogP contribution is 2.29. The zero-order chi connectivity index (χ0) is 16.3. The van der Waals surface area contributed by atoms with E-state index in [-0.39, 0.29) is 5.91 Å². The average Bonchev–Trinajstić information content (AvgIpc) is 3.08. The van der Waals surface area contributed by atoms with Crippen molar-refractivity contribution in [2.75, 3.05) is 5.32 Å². The number of aromatic amines is 1. The molecule has 2 aromatic rings. The number of aromatic nitrogens is 2. The van der Waals surface area contributed by atoms with Gasteiger partial charge in [0.2, 0.25) is 5.60 Å². The van der Waals surface area contributed by atoms with Crippen molar-refractivity contribution in [3.05, 3.63) is 66.1 Å². The lowest BCUT2D eigenvalue weighted by Gasteiger charge is -2.30. The van der Waals surface area contributed by atoms with Crippen molar-refractivity contribution in [2.45, 2.75) is 25.9 Å². The Kier molecular flexibility index (Phi) is 4.02. The Balaban J connectivity index is 1.77. The first-order valence-corrected chi connectivity index (χ1v) is 7.58. The summed E-state index contributed by atoms with van der Waals surface area (Å²) in [6, 6.07) is 9.88. The first kappa shape index (κ1) is 15.1. The second-order valence-electron chi connectivity index (χ2n) is 5.56. The lowest BCUT2D eigenvalue weighted by atomic mass is 9.94. The van der Waals surface area contributed by atoms with Gasteiger partial charge in [0.25, 0.3) is 5.91 Å². The Morgan fingerprint density at radius 1 is 1.30 bits per heavy atom. The number of nitrogens with one attached hydrogen (secondary N) is 2. The predicted molar refractivity (Wildman–Crippen MR) is 89.6 cm³/mol. The first-order valence-electron chi connectivity index (χ1n) is 7.58. The number of hydrogen-bond acceptors (Lipinski definition) is 3. The summed E-state index contributed by atoms with van der Waals surface area (Å²) in [5.41, 5.74) is 2.21. The second kappa shape index (κ2) is 6.12. The maximum Gasteiger partial charge on any atom is 0.273 e. The Bertz CT molecular complexity index is 745. The van der Waals surface area contributed by atoms with E-state index >= 15 is 0 Å². The number of anilines is 1. The van der Waals surface area contributed by atoms with Gasteiger partial charge in [-0.3, -0.25) is 9.89 Å². The van der Waals surface area contributed by atoms with Crippen LogP contribution in [0.15, 0.2) is 54.9 Å². The average molecular weight is 309 g/mol. The van der Waals surface area contributed by atoms with Crippen molar-refractivity contribution in [2.24, 2.45) is 0 Å². The molecule has 2 N–H and O–H groups in total. The summed E-state index contributed by atoms with van der Waals surface area (Å²) in [6.45, 7) is 3.97. The molecule has 0 saturated heterocycles. The first-order chi connectivity index (χ1) is 11.1. The van der Waals surface area contributed by atoms with Crippen molar-refractivity contribution < 1.29 is 9.53 Å². The summed E-state index contributed by atoms with van der Waals surface area (Å²) in [5.74, 6) is 0.327. The van der Waals surface area contributed by atoms with E-state index < -0.39 is 5.60 Å². The van der Waals surface area contributed by atoms with Gasteiger partial charge in [-0.05, 0) is 25.0 Å². The summed E-state index contributed by atoms with van der Waals surface area (Å²) in [4.78, 5) is 12.5. The number of amides is 1. The molecule has 5 nitrogen and oxygen atoms in total. The van der Waals surface area contributed by atoms with Crippen LogP contribution in [-0.2, 0) is 9.53 Å². The molecule has 1 aromatic carbocycles. The molecule has 1 amide bonds. The molecule has 0 aliphatic carbocycles. The van der Waals surface area contributed by atoms with Crippen LogP contribution in [0.1, 0.15) is 24.5 Å². The van der Waals surface area contributed by atoms with Gasteiger partial charge in [0.05, 0.1) is 12.5 Å². The van der Waals surface area contributed by atoms with Crippen LogP contribution in [0.5, 0.6) is 0 Å². The molecule has 0 bridgehead atoms. The number of allylic oxidation sites excluding steroid dienone is 2. The minimum Gasteiger partial charge on any atom is -0.480 e. The van der Waals surface area contributed by atoms with Crippen molar-refractivity contribution >= 4 is 17.3 Å². The van der Waals surface area contributed by atoms with Gasteiger partial charge < -0.3 is 10.1 Å². The third-order valence-electron chi connectivity index (χ3n) is 3.97. The number of benzene rings is 1. The molecular formula is C18H19N3O2. The van der Waals surface area contributed by atoms with E-state index in [4.69, 9.17) is 4.74 Å². The number of hydrogen-bond donors (Lipinski definition) is 2. The van der Waals surface area contributed by atoms with E-state index in [9.17, 15) is 4.79 Å². The summed E-state index contributed by atoms with van der Waals surface area (Å²) < 4.78 is 5.83. The molecule has 1 unspecified atom stereocenters. The van der Waals surface area contributed by atoms with Crippen LogP contribution in [0.4, 0.5) is 5.82 Å². The number of rotatable bonds is 4. The lowest BCUT2D eigenvalue weighted by Crippen LogP contribution is -2.43. The fraction of sp³-hybridized carbons (Fsp3) is 0.222. The van der Waals surface area contributed by atoms with Gasteiger partial charge in [-0.2, -0.15) is 5.10 Å². The van der Waals surface area contributed by atoms with Gasteiger partial charge in [-0.1, -0.05) is 42.8 Å². The number of aryl methyl sites for hydroxylation is 1. The van der Waals surface area contributed by atoms with Gasteiger partial charge in [-0.25, -0.2) is 0 Å². The highest BCUT2D eigenvalue weighted by molar-refractivity contribution is 5.99. The number of nitrogens with zero attached hydrogens (tertiary/aromatic N) is 1. The molecule has 0 radical (unpaired) electrons. The molecule has 2 heterocycles. The summed E-state index contributed by atoms with van der Waals surface area (Å²) >= 11 is 0. The normalized spacial score (nSPS) is 19.8. The van der Waals surface area contributed by atoms with Crippen LogP contribution in [0.25, 0.3) is 5.57 Å². The molecule has 1 aliphatic rings. The Morgan fingerprint density at radius 2 is 2.09 bits per heavy atom. The molecule has 1 aliphatic heterocycles. The van der Waals surface area contributed by atoms with Gasteiger partial charge in [0, 0.05) is 11.6 Å². The van der Waals surface area contributed by atoms with E-state index in [1.807, 2.05) is 38.1 Å². The number of carbonyl (C=O) groups excluding carboxylic acids is 1. The van der Waals surface area contributed by atoms with Crippen molar-refractivity contribution in [1.29, 1.82) is 0 Å². The third kappa shape index (κ3) is 3.04. The largest absolute Gasteiger partial charge is 0.480 e. The highest BCUT2D eigenvalue weighted by Gasteiger charge is 2.37. The smallest absolute Gasteiger partial charge is 0.273 e. The Labute approximate surface area is 135 Å². The lowest BCUT2D eigenvalue weighted by molar-refractivity contribution is -0.130. The van der Waals surface area contributed by atoms with E-state index in [0.717, 1.165) is 11.1 Å². The van der Waals surface area contributed by atoms with E-state index in [1.54, 1.807) is 18.5 Å². The van der Waals surface area contributed by atoms with Gasteiger partial charge in [0.15, 0.2) is 0 Å². The summed E-state index contributed by atoms with van der Waals surface area (Å²) in [5, 5.41) is 9.31. The molecular weight excluding hydrogens is 290 g/mol. The minimum atomic E-state index is -1.00. The summed E-state index contributed by atoms with van der Waals surface area (Å²) in [6.07, 6.45) is 7.52. The molecule has 3 rings (SSSR count). The maximum absolute atomic E-state index is 12.5. The van der Waals surface area contributed by atoms with Crippen molar-refractivity contribution in [1.82, 2.24) is 10.2 Å². The third-order valence-corrected chi connectivity index (χ3v) is 3.97. The van der Waals surface area contributed by atoms with Gasteiger partial charge in [-0.15, -0.1) is 0 Å². The summed E-state index contributed by atoms with van der Waals surface area (Å²) in [7, 11) is 0. The van der Waals surface area contributed by atoms with Crippen molar-refractivity contribution in [3.8, 4) is 0 Å². The zero-order valence-electron chi connectivity index (χ0n) is 13.2. The van der Waals surface area contributed by atoms with E-state index in [1.165, 1.54) is 5.56 Å². The zero-order valence-corrected chi connectivity index (χ0v) is 13.2. The van der Waals surface area contributed by atoms with Crippen LogP contribution in [0.2, 0.25) is 0 Å². The standard InChI is InChI=1S/C18H19N3O2/c1-3-18(17(22)20-16-9-11-19-21-16)10-8-15(12-23-18)14-6-4-13(2)5-7-14/h4-12H,3H2,1-2H3,(H2,19,20,21,22). The van der Waals surface area contributed by atoms with Crippen LogP contribution in [0, 0.1) is 6.92 Å². The Hall–Kier alpha value is -2.82. The van der Waals surface area contributed by atoms with Gasteiger partial charge in [0.1, 0.15) is 5.82 Å².